The van der Waals surface area contributed by atoms with E-state index in [0.717, 1.165) is 6.42 Å². The maximum atomic E-state index is 12.5. The highest BCUT2D eigenvalue weighted by atomic mass is 35.5. The second kappa shape index (κ2) is 8.81. The van der Waals surface area contributed by atoms with Gasteiger partial charge in [-0.05, 0) is 49.7 Å². The maximum Gasteiger partial charge on any atom is 0.255 e. The highest BCUT2D eigenvalue weighted by Gasteiger charge is 2.13. The van der Waals surface area contributed by atoms with Crippen LogP contribution in [0.3, 0.4) is 0 Å². The van der Waals surface area contributed by atoms with Crippen LogP contribution in [0, 0.1) is 0 Å². The molecule has 0 bridgehead atoms. The quantitative estimate of drug-likeness (QED) is 0.709. The smallest absolute Gasteiger partial charge is 0.255 e. The lowest BCUT2D eigenvalue weighted by molar-refractivity contribution is 0.102. The topological polar surface area (TPSA) is 47.6 Å². The highest BCUT2D eigenvalue weighted by Crippen LogP contribution is 2.30. The molecular weight excluding hydrogens is 349 g/mol. The van der Waals surface area contributed by atoms with Gasteiger partial charge in [0.1, 0.15) is 0 Å². The Kier molecular flexibility index (Phi) is 6.76. The summed E-state index contributed by atoms with van der Waals surface area (Å²) < 4.78 is 11.2. The monoisotopic (exact) mass is 367 g/mol. The molecule has 4 nitrogen and oxygen atoms in total. The van der Waals surface area contributed by atoms with Gasteiger partial charge in [0.2, 0.25) is 0 Å². The Morgan fingerprint density at radius 2 is 1.83 bits per heavy atom. The molecule has 1 N–H and O–H groups in total. The third kappa shape index (κ3) is 4.79. The van der Waals surface area contributed by atoms with Crippen LogP contribution >= 0.6 is 23.2 Å². The molecule has 0 unspecified atom stereocenters. The molecule has 0 heterocycles. The number of amides is 1. The Balaban J connectivity index is 2.22. The second-order valence-corrected chi connectivity index (χ2v) is 5.86. The zero-order valence-electron chi connectivity index (χ0n) is 13.6. The zero-order valence-corrected chi connectivity index (χ0v) is 15.1. The van der Waals surface area contributed by atoms with E-state index in [1.54, 1.807) is 36.4 Å². The fourth-order valence-electron chi connectivity index (χ4n) is 2.04. The van der Waals surface area contributed by atoms with Crippen LogP contribution < -0.4 is 14.8 Å². The second-order valence-electron chi connectivity index (χ2n) is 5.02. The third-order valence-corrected chi connectivity index (χ3v) is 3.71. The van der Waals surface area contributed by atoms with E-state index in [0.29, 0.717) is 46.0 Å². The molecule has 6 heteroatoms. The predicted octanol–water partition coefficient (Wildman–Crippen LogP) is 5.43. The summed E-state index contributed by atoms with van der Waals surface area (Å²) in [6.07, 6.45) is 0.890. The van der Waals surface area contributed by atoms with E-state index in [-0.39, 0.29) is 5.91 Å². The molecule has 0 aliphatic rings. The fraction of sp³-hybridized carbons (Fsp3) is 0.278. The fourth-order valence-corrected chi connectivity index (χ4v) is 2.37. The summed E-state index contributed by atoms with van der Waals surface area (Å²) in [7, 11) is 0. The first-order valence-corrected chi connectivity index (χ1v) is 8.46. The lowest BCUT2D eigenvalue weighted by Crippen LogP contribution is -2.13. The largest absolute Gasteiger partial charge is 0.490 e. The molecule has 0 atom stereocenters. The number of benzene rings is 2. The van der Waals surface area contributed by atoms with E-state index >= 15 is 0 Å². The minimum absolute atomic E-state index is 0.304. The number of halogens is 2. The molecule has 0 aromatic heterocycles. The first-order valence-electron chi connectivity index (χ1n) is 7.71. The van der Waals surface area contributed by atoms with Crippen LogP contribution in [-0.4, -0.2) is 19.1 Å². The van der Waals surface area contributed by atoms with E-state index in [1.807, 2.05) is 13.8 Å². The van der Waals surface area contributed by atoms with Gasteiger partial charge in [0.25, 0.3) is 5.91 Å². The molecule has 0 aliphatic carbocycles. The van der Waals surface area contributed by atoms with E-state index in [9.17, 15) is 4.79 Å². The molecule has 0 saturated carbocycles. The Morgan fingerprint density at radius 1 is 1.04 bits per heavy atom. The maximum absolute atomic E-state index is 12.5. The van der Waals surface area contributed by atoms with E-state index in [1.165, 1.54) is 0 Å². The number of hydrogen-bond acceptors (Lipinski definition) is 3. The Hall–Kier alpha value is -1.91. The Morgan fingerprint density at radius 3 is 2.54 bits per heavy atom. The van der Waals surface area contributed by atoms with Crippen molar-refractivity contribution in [2.75, 3.05) is 18.5 Å². The summed E-state index contributed by atoms with van der Waals surface area (Å²) in [6, 6.07) is 9.96. The van der Waals surface area contributed by atoms with Crippen LogP contribution in [0.1, 0.15) is 30.6 Å². The minimum atomic E-state index is -0.304. The number of nitrogens with one attached hydrogen (secondary N) is 1. The first kappa shape index (κ1) is 18.4. The summed E-state index contributed by atoms with van der Waals surface area (Å²) in [5.74, 6) is 0.856. The molecule has 24 heavy (non-hydrogen) atoms. The molecule has 2 aromatic rings. The average Bonchev–Trinajstić information content (AvgIpc) is 2.57. The molecular formula is C18H19Cl2NO3. The van der Waals surface area contributed by atoms with Crippen molar-refractivity contribution >= 4 is 34.8 Å². The van der Waals surface area contributed by atoms with Crippen LogP contribution in [0.2, 0.25) is 10.0 Å². The van der Waals surface area contributed by atoms with Gasteiger partial charge in [0.15, 0.2) is 11.5 Å². The third-order valence-electron chi connectivity index (χ3n) is 3.14. The summed E-state index contributed by atoms with van der Waals surface area (Å²) in [5, 5.41) is 3.66. The standard InChI is InChI=1S/C18H19Cl2NO3/c1-3-9-24-16-8-5-12(10-17(16)23-4-2)18(22)21-15-11-13(19)6-7-14(15)20/h5-8,10-11H,3-4,9H2,1-2H3,(H,21,22). The van der Waals surface area contributed by atoms with E-state index in [4.69, 9.17) is 32.7 Å². The predicted molar refractivity (Wildman–Crippen MR) is 97.8 cm³/mol. The summed E-state index contributed by atoms with van der Waals surface area (Å²) in [4.78, 5) is 12.5. The molecule has 0 fully saturated rings. The van der Waals surface area contributed by atoms with Crippen molar-refractivity contribution in [3.63, 3.8) is 0 Å². The van der Waals surface area contributed by atoms with Crippen molar-refractivity contribution in [1.82, 2.24) is 0 Å². The molecule has 0 aliphatic heterocycles. The molecule has 128 valence electrons. The lowest BCUT2D eigenvalue weighted by atomic mass is 10.1. The van der Waals surface area contributed by atoms with Gasteiger partial charge in [-0.1, -0.05) is 30.1 Å². The number of ether oxygens (including phenoxy) is 2. The van der Waals surface area contributed by atoms with Crippen molar-refractivity contribution in [2.45, 2.75) is 20.3 Å². The minimum Gasteiger partial charge on any atom is -0.490 e. The number of hydrogen-bond donors (Lipinski definition) is 1. The first-order chi connectivity index (χ1) is 11.5. The molecule has 0 radical (unpaired) electrons. The molecule has 2 aromatic carbocycles. The van der Waals surface area contributed by atoms with Crippen LogP contribution in [0.25, 0.3) is 0 Å². The van der Waals surface area contributed by atoms with Gasteiger partial charge in [0.05, 0.1) is 23.9 Å². The average molecular weight is 368 g/mol. The van der Waals surface area contributed by atoms with Crippen molar-refractivity contribution in [1.29, 1.82) is 0 Å². The lowest BCUT2D eigenvalue weighted by Gasteiger charge is -2.13. The van der Waals surface area contributed by atoms with Crippen LogP contribution in [-0.2, 0) is 0 Å². The van der Waals surface area contributed by atoms with Crippen LogP contribution in [0.4, 0.5) is 5.69 Å². The number of carbonyl (C=O) groups excluding carboxylic acids is 1. The van der Waals surface area contributed by atoms with Crippen molar-refractivity contribution < 1.29 is 14.3 Å². The van der Waals surface area contributed by atoms with E-state index < -0.39 is 0 Å². The Labute approximate surface area is 151 Å². The summed E-state index contributed by atoms with van der Waals surface area (Å²) in [6.45, 7) is 4.97. The summed E-state index contributed by atoms with van der Waals surface area (Å²) >= 11 is 12.0. The molecule has 2 rings (SSSR count). The van der Waals surface area contributed by atoms with Gasteiger partial charge < -0.3 is 14.8 Å². The number of anilines is 1. The van der Waals surface area contributed by atoms with Gasteiger partial charge in [-0.15, -0.1) is 0 Å². The van der Waals surface area contributed by atoms with Crippen LogP contribution in [0.15, 0.2) is 36.4 Å². The van der Waals surface area contributed by atoms with Gasteiger partial charge in [-0.3, -0.25) is 4.79 Å². The zero-order chi connectivity index (χ0) is 17.5. The van der Waals surface area contributed by atoms with Crippen molar-refractivity contribution in [2.24, 2.45) is 0 Å². The highest BCUT2D eigenvalue weighted by molar-refractivity contribution is 6.35. The summed E-state index contributed by atoms with van der Waals surface area (Å²) in [5.41, 5.74) is 0.900. The Bertz CT molecular complexity index is 719. The van der Waals surface area contributed by atoms with Gasteiger partial charge >= 0.3 is 0 Å². The van der Waals surface area contributed by atoms with Gasteiger partial charge in [-0.25, -0.2) is 0 Å². The normalized spacial score (nSPS) is 10.3. The molecule has 0 saturated heterocycles. The molecule has 0 spiro atoms. The van der Waals surface area contributed by atoms with Gasteiger partial charge in [-0.2, -0.15) is 0 Å². The SMILES string of the molecule is CCCOc1ccc(C(=O)Nc2cc(Cl)ccc2Cl)cc1OCC. The number of carbonyl (C=O) groups is 1. The van der Waals surface area contributed by atoms with Crippen LogP contribution in [0.5, 0.6) is 11.5 Å². The molecule has 1 amide bonds. The van der Waals surface area contributed by atoms with Crippen molar-refractivity contribution in [3.8, 4) is 11.5 Å². The van der Waals surface area contributed by atoms with Gasteiger partial charge in [0, 0.05) is 10.6 Å². The van der Waals surface area contributed by atoms with Crippen molar-refractivity contribution in [3.05, 3.63) is 52.0 Å². The van der Waals surface area contributed by atoms with E-state index in [2.05, 4.69) is 5.32 Å². The number of rotatable bonds is 7.